The predicted molar refractivity (Wildman–Crippen MR) is 62.8 cm³/mol. The first-order chi connectivity index (χ1) is 7.97. The molecule has 0 aromatic carbocycles. The number of hydrogen-bond donors (Lipinski definition) is 3. The van der Waals surface area contributed by atoms with Gasteiger partial charge in [-0.15, -0.1) is 0 Å². The van der Waals surface area contributed by atoms with Crippen molar-refractivity contribution in [3.63, 3.8) is 0 Å². The molecule has 1 aromatic heterocycles. The van der Waals surface area contributed by atoms with Crippen molar-refractivity contribution in [1.82, 2.24) is 15.0 Å². The van der Waals surface area contributed by atoms with Crippen molar-refractivity contribution in [2.75, 3.05) is 42.7 Å². The summed E-state index contributed by atoms with van der Waals surface area (Å²) in [6.45, 7) is 0.578. The second-order valence-corrected chi connectivity index (χ2v) is 4.23. The van der Waals surface area contributed by atoms with Crippen LogP contribution in [0.15, 0.2) is 0 Å². The van der Waals surface area contributed by atoms with Gasteiger partial charge < -0.3 is 25.7 Å². The van der Waals surface area contributed by atoms with E-state index in [9.17, 15) is 10.2 Å². The Morgan fingerprint density at radius 1 is 1.18 bits per heavy atom. The summed E-state index contributed by atoms with van der Waals surface area (Å²) in [5.41, 5.74) is 5.59. The molecule has 0 amide bonds. The molecule has 2 rings (SSSR count). The summed E-state index contributed by atoms with van der Waals surface area (Å²) in [4.78, 5) is 15.6. The summed E-state index contributed by atoms with van der Waals surface area (Å²) in [6, 6.07) is 0. The van der Waals surface area contributed by atoms with Crippen LogP contribution in [0.5, 0.6) is 0 Å². The molecule has 0 aliphatic carbocycles. The fourth-order valence-electron chi connectivity index (χ4n) is 1.64. The molecule has 1 aliphatic heterocycles. The normalized spacial score (nSPS) is 24.1. The van der Waals surface area contributed by atoms with Gasteiger partial charge in [0, 0.05) is 27.2 Å². The molecule has 0 spiro atoms. The lowest BCUT2D eigenvalue weighted by molar-refractivity contribution is 0.0572. The quantitative estimate of drug-likeness (QED) is 0.547. The number of aromatic nitrogens is 3. The van der Waals surface area contributed by atoms with Crippen molar-refractivity contribution >= 4 is 17.8 Å². The van der Waals surface area contributed by atoms with E-state index >= 15 is 0 Å². The van der Waals surface area contributed by atoms with Gasteiger partial charge in [0.05, 0.1) is 12.2 Å². The number of β-amino-alcohol motifs (C(OH)–C–C–N with tert-alkyl or cyclic N) is 2. The van der Waals surface area contributed by atoms with E-state index in [1.54, 1.807) is 23.9 Å². The highest BCUT2D eigenvalue weighted by atomic mass is 16.3. The Balaban J connectivity index is 2.27. The van der Waals surface area contributed by atoms with E-state index in [1.807, 2.05) is 0 Å². The van der Waals surface area contributed by atoms with E-state index < -0.39 is 12.2 Å². The minimum Gasteiger partial charge on any atom is -0.388 e. The molecule has 1 saturated heterocycles. The molecule has 17 heavy (non-hydrogen) atoms. The first-order valence-electron chi connectivity index (χ1n) is 5.27. The van der Waals surface area contributed by atoms with Gasteiger partial charge in [0.15, 0.2) is 0 Å². The van der Waals surface area contributed by atoms with Crippen LogP contribution >= 0.6 is 0 Å². The van der Waals surface area contributed by atoms with Gasteiger partial charge in [-0.05, 0) is 0 Å². The molecule has 0 radical (unpaired) electrons. The fraction of sp³-hybridized carbons (Fsp3) is 0.667. The van der Waals surface area contributed by atoms with Gasteiger partial charge >= 0.3 is 0 Å². The molecule has 8 heteroatoms. The Labute approximate surface area is 98.7 Å². The largest absolute Gasteiger partial charge is 0.388 e. The molecule has 2 unspecified atom stereocenters. The molecule has 1 fully saturated rings. The van der Waals surface area contributed by atoms with Gasteiger partial charge in [-0.25, -0.2) is 0 Å². The summed E-state index contributed by atoms with van der Waals surface area (Å²) < 4.78 is 0. The molecule has 1 aliphatic rings. The van der Waals surface area contributed by atoms with Gasteiger partial charge in [0.2, 0.25) is 17.8 Å². The van der Waals surface area contributed by atoms with Crippen molar-refractivity contribution in [3.05, 3.63) is 0 Å². The van der Waals surface area contributed by atoms with Crippen molar-refractivity contribution < 1.29 is 10.2 Å². The monoisotopic (exact) mass is 240 g/mol. The standard InChI is InChI=1S/C9H16N6O2/c1-14(2)8-11-7(10)12-9(13-8)15-3-5(16)6(17)4-15/h5-6,16-17H,3-4H2,1-2H3,(H2,10,11,12,13). The lowest BCUT2D eigenvalue weighted by Gasteiger charge is -2.17. The second kappa shape index (κ2) is 4.30. The van der Waals surface area contributed by atoms with Crippen LogP contribution in [0.2, 0.25) is 0 Å². The number of rotatable bonds is 2. The first-order valence-corrected chi connectivity index (χ1v) is 5.27. The summed E-state index contributed by atoms with van der Waals surface area (Å²) in [5.74, 6) is 0.940. The molecule has 4 N–H and O–H groups in total. The van der Waals surface area contributed by atoms with Gasteiger partial charge in [-0.2, -0.15) is 15.0 Å². The SMILES string of the molecule is CN(C)c1nc(N)nc(N2CC(O)C(O)C2)n1. The van der Waals surface area contributed by atoms with Crippen LogP contribution in [0.3, 0.4) is 0 Å². The number of nitrogens with two attached hydrogens (primary N) is 1. The predicted octanol–water partition coefficient (Wildman–Crippen LogP) is -1.94. The average Bonchev–Trinajstić information content (AvgIpc) is 2.58. The minimum atomic E-state index is -0.782. The Morgan fingerprint density at radius 3 is 2.29 bits per heavy atom. The van der Waals surface area contributed by atoms with E-state index in [4.69, 9.17) is 5.73 Å². The number of aliphatic hydroxyl groups excluding tert-OH is 2. The molecule has 2 atom stereocenters. The number of nitrogen functional groups attached to an aromatic ring is 1. The summed E-state index contributed by atoms with van der Waals surface area (Å²) in [7, 11) is 3.60. The summed E-state index contributed by atoms with van der Waals surface area (Å²) >= 11 is 0. The third kappa shape index (κ3) is 2.37. The van der Waals surface area contributed by atoms with Crippen LogP contribution in [0.4, 0.5) is 17.8 Å². The maximum atomic E-state index is 9.47. The number of aliphatic hydroxyl groups is 2. The van der Waals surface area contributed by atoms with Gasteiger partial charge in [-0.3, -0.25) is 0 Å². The number of anilines is 3. The third-order valence-corrected chi connectivity index (χ3v) is 2.57. The molecule has 8 nitrogen and oxygen atoms in total. The molecular formula is C9H16N6O2. The molecule has 0 saturated carbocycles. The van der Waals surface area contributed by atoms with Crippen LogP contribution in [-0.4, -0.2) is 64.6 Å². The molecular weight excluding hydrogens is 224 g/mol. The maximum Gasteiger partial charge on any atom is 0.232 e. The highest BCUT2D eigenvalue weighted by molar-refractivity contribution is 5.43. The highest BCUT2D eigenvalue weighted by Crippen LogP contribution is 2.19. The van der Waals surface area contributed by atoms with Crippen LogP contribution in [0.25, 0.3) is 0 Å². The molecule has 1 aromatic rings. The van der Waals surface area contributed by atoms with Gasteiger partial charge in [0.25, 0.3) is 0 Å². The van der Waals surface area contributed by atoms with E-state index in [0.29, 0.717) is 11.9 Å². The van der Waals surface area contributed by atoms with E-state index in [0.717, 1.165) is 0 Å². The lowest BCUT2D eigenvalue weighted by Crippen LogP contribution is -2.25. The Morgan fingerprint density at radius 2 is 1.76 bits per heavy atom. The Bertz CT molecular complexity index is 402. The zero-order chi connectivity index (χ0) is 12.6. The fourth-order valence-corrected chi connectivity index (χ4v) is 1.64. The van der Waals surface area contributed by atoms with E-state index in [1.165, 1.54) is 0 Å². The lowest BCUT2D eigenvalue weighted by atomic mass is 10.3. The highest BCUT2D eigenvalue weighted by Gasteiger charge is 2.31. The maximum absolute atomic E-state index is 9.47. The van der Waals surface area contributed by atoms with Crippen molar-refractivity contribution in [2.45, 2.75) is 12.2 Å². The van der Waals surface area contributed by atoms with Crippen LogP contribution < -0.4 is 15.5 Å². The van der Waals surface area contributed by atoms with Crippen LogP contribution in [0.1, 0.15) is 0 Å². The van der Waals surface area contributed by atoms with Gasteiger partial charge in [0.1, 0.15) is 0 Å². The summed E-state index contributed by atoms with van der Waals surface area (Å²) in [5, 5.41) is 18.9. The molecule has 94 valence electrons. The topological polar surface area (TPSA) is 112 Å². The first kappa shape index (κ1) is 11.8. The van der Waals surface area contributed by atoms with E-state index in [2.05, 4.69) is 15.0 Å². The third-order valence-electron chi connectivity index (χ3n) is 2.57. The summed E-state index contributed by atoms with van der Waals surface area (Å²) in [6.07, 6.45) is -1.56. The molecule has 0 bridgehead atoms. The number of hydrogen-bond acceptors (Lipinski definition) is 8. The average molecular weight is 240 g/mol. The second-order valence-electron chi connectivity index (χ2n) is 4.23. The zero-order valence-electron chi connectivity index (χ0n) is 9.78. The number of nitrogens with zero attached hydrogens (tertiary/aromatic N) is 5. The molecule has 2 heterocycles. The van der Waals surface area contributed by atoms with E-state index in [-0.39, 0.29) is 19.0 Å². The van der Waals surface area contributed by atoms with Crippen LogP contribution in [-0.2, 0) is 0 Å². The Hall–Kier alpha value is -1.67. The van der Waals surface area contributed by atoms with Crippen molar-refractivity contribution in [3.8, 4) is 0 Å². The van der Waals surface area contributed by atoms with Crippen LogP contribution in [0, 0.1) is 0 Å². The van der Waals surface area contributed by atoms with Crippen molar-refractivity contribution in [2.24, 2.45) is 0 Å². The van der Waals surface area contributed by atoms with Crippen molar-refractivity contribution in [1.29, 1.82) is 0 Å². The minimum absolute atomic E-state index is 0.120. The van der Waals surface area contributed by atoms with Gasteiger partial charge in [-0.1, -0.05) is 0 Å². The smallest absolute Gasteiger partial charge is 0.232 e. The zero-order valence-corrected chi connectivity index (χ0v) is 9.78. The Kier molecular flexibility index (Phi) is 2.99.